The largest absolute Gasteiger partial charge is 0.387 e. The van der Waals surface area contributed by atoms with Gasteiger partial charge in [0, 0.05) is 38.3 Å². The summed E-state index contributed by atoms with van der Waals surface area (Å²) in [5.41, 5.74) is 0.348. The molecule has 0 radical (unpaired) electrons. The normalized spacial score (nSPS) is 21.0. The van der Waals surface area contributed by atoms with Gasteiger partial charge in [0.1, 0.15) is 0 Å². The minimum atomic E-state index is -0.612. The van der Waals surface area contributed by atoms with Crippen LogP contribution in [-0.2, 0) is 6.54 Å². The molecule has 3 N–H and O–H groups in total. The second-order valence-corrected chi connectivity index (χ2v) is 7.53. The Morgan fingerprint density at radius 1 is 1.48 bits per heavy atom. The number of aliphatic imine (C=N–C) groups is 1. The average molecular weight is 471 g/mol. The lowest BCUT2D eigenvalue weighted by Crippen LogP contribution is -2.47. The summed E-state index contributed by atoms with van der Waals surface area (Å²) in [6.45, 7) is 3.89. The molecule has 23 heavy (non-hydrogen) atoms. The van der Waals surface area contributed by atoms with Gasteiger partial charge in [-0.2, -0.15) is 11.8 Å². The summed E-state index contributed by atoms with van der Waals surface area (Å²) in [4.78, 5) is 11.1. The Labute approximate surface area is 163 Å². The van der Waals surface area contributed by atoms with Crippen molar-refractivity contribution in [3.8, 4) is 0 Å². The lowest BCUT2D eigenvalue weighted by molar-refractivity contribution is 0.0724. The van der Waals surface area contributed by atoms with Crippen molar-refractivity contribution in [3.63, 3.8) is 0 Å². The summed E-state index contributed by atoms with van der Waals surface area (Å²) < 4.78 is 0. The number of guanidine groups is 1. The van der Waals surface area contributed by atoms with E-state index in [9.17, 15) is 5.11 Å². The fourth-order valence-electron chi connectivity index (χ4n) is 2.06. The van der Waals surface area contributed by atoms with E-state index >= 15 is 0 Å². The van der Waals surface area contributed by atoms with E-state index in [2.05, 4.69) is 20.6 Å². The number of aliphatic hydroxyl groups is 1. The maximum absolute atomic E-state index is 10.4. The van der Waals surface area contributed by atoms with Crippen molar-refractivity contribution < 1.29 is 5.11 Å². The molecule has 6 nitrogen and oxygen atoms in total. The van der Waals surface area contributed by atoms with Crippen molar-refractivity contribution in [3.05, 3.63) is 11.1 Å². The van der Waals surface area contributed by atoms with Crippen molar-refractivity contribution in [1.82, 2.24) is 15.6 Å². The van der Waals surface area contributed by atoms with Crippen LogP contribution in [0.1, 0.15) is 19.0 Å². The van der Waals surface area contributed by atoms with Crippen LogP contribution in [0.4, 0.5) is 5.13 Å². The number of thioether (sulfide) groups is 1. The smallest absolute Gasteiger partial charge is 0.191 e. The van der Waals surface area contributed by atoms with Crippen LogP contribution >= 0.6 is 47.1 Å². The summed E-state index contributed by atoms with van der Waals surface area (Å²) in [6, 6.07) is 0. The third-order valence-electron chi connectivity index (χ3n) is 3.33. The number of hydrogen-bond donors (Lipinski definition) is 3. The highest BCUT2D eigenvalue weighted by Gasteiger charge is 2.31. The zero-order valence-corrected chi connectivity index (χ0v) is 17.8. The van der Waals surface area contributed by atoms with Crippen molar-refractivity contribution >= 4 is 58.2 Å². The molecule has 0 amide bonds. The summed E-state index contributed by atoms with van der Waals surface area (Å²) >= 11 is 3.42. The average Bonchev–Trinajstić information content (AvgIpc) is 3.11. The SMILES string of the molecule is CCNC(=NCc1csc(N(C)C)n1)NCC1(O)CCSC1.I. The molecule has 0 aromatic carbocycles. The van der Waals surface area contributed by atoms with Gasteiger partial charge < -0.3 is 20.6 Å². The van der Waals surface area contributed by atoms with Gasteiger partial charge in [-0.1, -0.05) is 0 Å². The van der Waals surface area contributed by atoms with Gasteiger partial charge in [-0.3, -0.25) is 0 Å². The molecule has 0 bridgehead atoms. The summed E-state index contributed by atoms with van der Waals surface area (Å²) in [5.74, 6) is 2.54. The zero-order valence-electron chi connectivity index (χ0n) is 13.8. The van der Waals surface area contributed by atoms with Gasteiger partial charge in [0.25, 0.3) is 0 Å². The molecule has 9 heteroatoms. The highest BCUT2D eigenvalue weighted by Crippen LogP contribution is 2.26. The molecule has 0 saturated carbocycles. The molecule has 1 aromatic rings. The molecule has 1 unspecified atom stereocenters. The fraction of sp³-hybridized carbons (Fsp3) is 0.714. The van der Waals surface area contributed by atoms with Crippen LogP contribution < -0.4 is 15.5 Å². The minimum Gasteiger partial charge on any atom is -0.387 e. The van der Waals surface area contributed by atoms with Crippen molar-refractivity contribution in [2.24, 2.45) is 4.99 Å². The molecular weight excluding hydrogens is 445 g/mol. The molecular formula is C14H26IN5OS2. The van der Waals surface area contributed by atoms with Gasteiger partial charge in [0.2, 0.25) is 0 Å². The molecule has 1 atom stereocenters. The van der Waals surface area contributed by atoms with Gasteiger partial charge in [-0.25, -0.2) is 9.98 Å². The molecule has 2 rings (SSSR count). The zero-order chi connectivity index (χ0) is 16.0. The number of thiazole rings is 1. The first kappa shape index (κ1) is 20.8. The molecule has 0 spiro atoms. The van der Waals surface area contributed by atoms with Gasteiger partial charge in [-0.15, -0.1) is 35.3 Å². The van der Waals surface area contributed by atoms with E-state index in [1.807, 2.05) is 31.3 Å². The monoisotopic (exact) mass is 471 g/mol. The molecule has 1 aliphatic rings. The van der Waals surface area contributed by atoms with E-state index in [-0.39, 0.29) is 24.0 Å². The van der Waals surface area contributed by atoms with Gasteiger partial charge >= 0.3 is 0 Å². The van der Waals surface area contributed by atoms with Crippen LogP contribution in [0, 0.1) is 0 Å². The Balaban J connectivity index is 0.00000264. The number of rotatable bonds is 6. The van der Waals surface area contributed by atoms with Crippen LogP contribution in [-0.4, -0.2) is 60.3 Å². The Hall–Kier alpha value is -0.260. The number of aromatic nitrogens is 1. The van der Waals surface area contributed by atoms with E-state index in [4.69, 9.17) is 0 Å². The van der Waals surface area contributed by atoms with Crippen LogP contribution in [0.3, 0.4) is 0 Å². The third kappa shape index (κ3) is 6.63. The van der Waals surface area contributed by atoms with Crippen LogP contribution in [0.2, 0.25) is 0 Å². The van der Waals surface area contributed by atoms with Crippen molar-refractivity contribution in [1.29, 1.82) is 0 Å². The van der Waals surface area contributed by atoms with Crippen LogP contribution in [0.15, 0.2) is 10.4 Å². The maximum atomic E-state index is 10.4. The fourth-order valence-corrected chi connectivity index (χ4v) is 4.10. The summed E-state index contributed by atoms with van der Waals surface area (Å²) in [6.07, 6.45) is 0.836. The summed E-state index contributed by atoms with van der Waals surface area (Å²) in [5, 5.41) is 19.8. The molecule has 1 saturated heterocycles. The number of nitrogens with zero attached hydrogens (tertiary/aromatic N) is 3. The molecule has 1 aromatic heterocycles. The Morgan fingerprint density at radius 2 is 2.26 bits per heavy atom. The lowest BCUT2D eigenvalue weighted by atomic mass is 10.0. The predicted octanol–water partition coefficient (Wildman–Crippen LogP) is 1.75. The van der Waals surface area contributed by atoms with E-state index in [0.717, 1.165) is 41.3 Å². The van der Waals surface area contributed by atoms with Crippen molar-refractivity contribution in [2.75, 3.05) is 43.6 Å². The number of hydrogen-bond acceptors (Lipinski definition) is 6. The quantitative estimate of drug-likeness (QED) is 0.334. The van der Waals surface area contributed by atoms with E-state index < -0.39 is 5.60 Å². The third-order valence-corrected chi connectivity index (χ3v) is 5.62. The van der Waals surface area contributed by atoms with E-state index in [0.29, 0.717) is 13.1 Å². The van der Waals surface area contributed by atoms with Crippen molar-refractivity contribution in [2.45, 2.75) is 25.5 Å². The van der Waals surface area contributed by atoms with Crippen LogP contribution in [0.5, 0.6) is 0 Å². The topological polar surface area (TPSA) is 72.8 Å². The Bertz CT molecular complexity index is 503. The lowest BCUT2D eigenvalue weighted by Gasteiger charge is -2.23. The standard InChI is InChI=1S/C14H25N5OS2.HI/c1-4-15-12(17-9-14(20)5-6-21-10-14)16-7-11-8-22-13(18-11)19(2)3;/h8,20H,4-7,9-10H2,1-3H3,(H2,15,16,17);1H. The first-order chi connectivity index (χ1) is 10.5. The second-order valence-electron chi connectivity index (χ2n) is 5.59. The van der Waals surface area contributed by atoms with Gasteiger partial charge in [-0.05, 0) is 19.1 Å². The van der Waals surface area contributed by atoms with Crippen LogP contribution in [0.25, 0.3) is 0 Å². The second kappa shape index (κ2) is 9.90. The first-order valence-electron chi connectivity index (χ1n) is 7.46. The summed E-state index contributed by atoms with van der Waals surface area (Å²) in [7, 11) is 3.97. The Morgan fingerprint density at radius 3 is 2.83 bits per heavy atom. The Kier molecular flexibility index (Phi) is 8.94. The van der Waals surface area contributed by atoms with E-state index in [1.54, 1.807) is 23.1 Å². The van der Waals surface area contributed by atoms with E-state index in [1.165, 1.54) is 0 Å². The molecule has 132 valence electrons. The number of anilines is 1. The molecule has 1 fully saturated rings. The minimum absolute atomic E-state index is 0. The number of nitrogens with one attached hydrogen (secondary N) is 2. The molecule has 1 aliphatic heterocycles. The highest BCUT2D eigenvalue weighted by atomic mass is 127. The molecule has 0 aliphatic carbocycles. The van der Waals surface area contributed by atoms with Gasteiger partial charge in [0.15, 0.2) is 11.1 Å². The molecule has 2 heterocycles. The predicted molar refractivity (Wildman–Crippen MR) is 112 cm³/mol. The maximum Gasteiger partial charge on any atom is 0.191 e. The first-order valence-corrected chi connectivity index (χ1v) is 9.50. The van der Waals surface area contributed by atoms with Gasteiger partial charge in [0.05, 0.1) is 17.8 Å². The number of halogens is 1. The highest BCUT2D eigenvalue weighted by molar-refractivity contribution is 14.0.